The van der Waals surface area contributed by atoms with E-state index in [2.05, 4.69) is 38.3 Å². The van der Waals surface area contributed by atoms with Gasteiger partial charge in [0.25, 0.3) is 0 Å². The van der Waals surface area contributed by atoms with Crippen LogP contribution in [-0.4, -0.2) is 49.3 Å². The summed E-state index contributed by atoms with van der Waals surface area (Å²) in [5.74, 6) is -0.370. The maximum Gasteiger partial charge on any atom is 0.307 e. The van der Waals surface area contributed by atoms with Gasteiger partial charge in [0.05, 0.1) is 26.1 Å². The molecule has 0 aliphatic heterocycles. The topological polar surface area (TPSA) is 76.7 Å². The highest BCUT2D eigenvalue weighted by Gasteiger charge is 2.13. The number of carbonyl (C=O) groups is 2. The average Bonchev–Trinajstić information content (AvgIpc) is 2.57. The van der Waals surface area contributed by atoms with E-state index in [0.29, 0.717) is 51.0 Å². The van der Waals surface area contributed by atoms with Crippen LogP contribution in [0.4, 0.5) is 0 Å². The first-order valence-corrected chi connectivity index (χ1v) is 10.1. The van der Waals surface area contributed by atoms with E-state index in [0.717, 1.165) is 12.8 Å². The summed E-state index contributed by atoms with van der Waals surface area (Å²) in [7, 11) is 0. The summed E-state index contributed by atoms with van der Waals surface area (Å²) in [5.41, 5.74) is 0. The molecule has 4 atom stereocenters. The van der Waals surface area contributed by atoms with Gasteiger partial charge >= 0.3 is 11.9 Å². The number of esters is 2. The Morgan fingerprint density at radius 2 is 1.04 bits per heavy atom. The Balaban J connectivity index is 3.65. The molecule has 6 nitrogen and oxygen atoms in total. The molecular weight excluding hydrogens is 332 g/mol. The van der Waals surface area contributed by atoms with Crippen molar-refractivity contribution in [3.63, 3.8) is 0 Å². The number of unbranched alkanes of at least 4 members (excludes halogenated alkanes) is 1. The van der Waals surface area contributed by atoms with E-state index >= 15 is 0 Å². The number of ether oxygens (including phenoxy) is 2. The van der Waals surface area contributed by atoms with Crippen LogP contribution >= 0.6 is 0 Å². The van der Waals surface area contributed by atoms with Crippen LogP contribution in [0.3, 0.4) is 0 Å². The smallest absolute Gasteiger partial charge is 0.307 e. The lowest BCUT2D eigenvalue weighted by atomic mass is 10.2. The molecular formula is C20H40N2O4. The van der Waals surface area contributed by atoms with Gasteiger partial charge in [-0.3, -0.25) is 9.59 Å². The molecule has 0 aromatic rings. The van der Waals surface area contributed by atoms with Gasteiger partial charge < -0.3 is 20.1 Å². The highest BCUT2D eigenvalue weighted by molar-refractivity contribution is 5.70. The van der Waals surface area contributed by atoms with E-state index in [1.54, 1.807) is 0 Å². The number of hydrogen-bond acceptors (Lipinski definition) is 6. The average molecular weight is 373 g/mol. The molecule has 154 valence electrons. The molecule has 0 aromatic carbocycles. The van der Waals surface area contributed by atoms with Crippen molar-refractivity contribution in [3.05, 3.63) is 0 Å². The third kappa shape index (κ3) is 14.1. The van der Waals surface area contributed by atoms with Gasteiger partial charge in [-0.05, 0) is 53.4 Å². The summed E-state index contributed by atoms with van der Waals surface area (Å²) in [6.45, 7) is 13.1. The van der Waals surface area contributed by atoms with E-state index < -0.39 is 0 Å². The molecule has 26 heavy (non-hydrogen) atoms. The molecule has 0 aliphatic rings. The minimum atomic E-state index is -0.185. The molecule has 0 rings (SSSR count). The molecule has 0 radical (unpaired) electrons. The van der Waals surface area contributed by atoms with Crippen LogP contribution in [0.5, 0.6) is 0 Å². The normalized spacial score (nSPS) is 15.8. The number of carbonyl (C=O) groups excluding carboxylic acids is 2. The summed E-state index contributed by atoms with van der Waals surface area (Å²) in [4.78, 5) is 23.5. The molecule has 0 aromatic heterocycles. The van der Waals surface area contributed by atoms with E-state index in [1.807, 2.05) is 13.8 Å². The van der Waals surface area contributed by atoms with Gasteiger partial charge in [-0.2, -0.15) is 0 Å². The monoisotopic (exact) mass is 372 g/mol. The van der Waals surface area contributed by atoms with Crippen molar-refractivity contribution < 1.29 is 19.1 Å². The molecule has 2 N–H and O–H groups in total. The highest BCUT2D eigenvalue weighted by atomic mass is 16.5. The Bertz CT molecular complexity index is 354. The van der Waals surface area contributed by atoms with Crippen LogP contribution in [0.1, 0.15) is 80.1 Å². The van der Waals surface area contributed by atoms with Gasteiger partial charge in [0.15, 0.2) is 0 Å². The first-order chi connectivity index (χ1) is 12.3. The highest BCUT2D eigenvalue weighted by Crippen LogP contribution is 2.02. The second-order valence-electron chi connectivity index (χ2n) is 7.31. The van der Waals surface area contributed by atoms with Gasteiger partial charge in [0.1, 0.15) is 0 Å². The van der Waals surface area contributed by atoms with Crippen molar-refractivity contribution in [1.29, 1.82) is 0 Å². The molecule has 6 heteroatoms. The van der Waals surface area contributed by atoms with Crippen molar-refractivity contribution in [2.75, 3.05) is 13.2 Å². The first kappa shape index (κ1) is 24.9. The lowest BCUT2D eigenvalue weighted by molar-refractivity contribution is -0.146. The Labute approximate surface area is 159 Å². The van der Waals surface area contributed by atoms with Gasteiger partial charge in [-0.1, -0.05) is 13.8 Å². The first-order valence-electron chi connectivity index (χ1n) is 10.1. The SMILES string of the molecule is CCC(C)NC(C)CC(=O)OCCCCOC(=O)CC(C)NC(C)CC. The van der Waals surface area contributed by atoms with E-state index in [9.17, 15) is 9.59 Å². The molecule has 0 fully saturated rings. The summed E-state index contributed by atoms with van der Waals surface area (Å²) in [5, 5.41) is 6.70. The van der Waals surface area contributed by atoms with E-state index in [4.69, 9.17) is 9.47 Å². The maximum atomic E-state index is 11.7. The Morgan fingerprint density at radius 1 is 0.692 bits per heavy atom. The van der Waals surface area contributed by atoms with Gasteiger partial charge in [-0.25, -0.2) is 0 Å². The fourth-order valence-corrected chi connectivity index (χ4v) is 2.52. The minimum Gasteiger partial charge on any atom is -0.466 e. The van der Waals surface area contributed by atoms with Crippen molar-refractivity contribution in [2.24, 2.45) is 0 Å². The molecule has 4 unspecified atom stereocenters. The molecule has 0 saturated carbocycles. The van der Waals surface area contributed by atoms with Crippen molar-refractivity contribution >= 4 is 11.9 Å². The summed E-state index contributed by atoms with van der Waals surface area (Å²) >= 11 is 0. The van der Waals surface area contributed by atoms with Crippen molar-refractivity contribution in [3.8, 4) is 0 Å². The zero-order valence-corrected chi connectivity index (χ0v) is 17.6. The molecule has 0 saturated heterocycles. The Morgan fingerprint density at radius 3 is 1.35 bits per heavy atom. The standard InChI is InChI=1S/C20H40N2O4/c1-7-15(3)21-17(5)13-19(23)25-11-9-10-12-26-20(24)14-18(6)22-16(4)8-2/h15-18,21-22H,7-14H2,1-6H3. The molecule has 0 bridgehead atoms. The van der Waals surface area contributed by atoms with Crippen LogP contribution < -0.4 is 10.6 Å². The fraction of sp³-hybridized carbons (Fsp3) is 0.900. The number of nitrogens with one attached hydrogen (secondary N) is 2. The van der Waals surface area contributed by atoms with Crippen LogP contribution in [0, 0.1) is 0 Å². The third-order valence-electron chi connectivity index (χ3n) is 4.37. The van der Waals surface area contributed by atoms with Crippen LogP contribution in [0.25, 0.3) is 0 Å². The van der Waals surface area contributed by atoms with Gasteiger partial charge in [-0.15, -0.1) is 0 Å². The summed E-state index contributed by atoms with van der Waals surface area (Å²) in [6, 6.07) is 1.03. The van der Waals surface area contributed by atoms with Crippen molar-refractivity contribution in [2.45, 2.75) is 104 Å². The maximum absolute atomic E-state index is 11.7. The lowest BCUT2D eigenvalue weighted by Gasteiger charge is -2.18. The second kappa shape index (κ2) is 15.0. The summed E-state index contributed by atoms with van der Waals surface area (Å²) in [6.07, 6.45) is 4.22. The van der Waals surface area contributed by atoms with Gasteiger partial charge in [0.2, 0.25) is 0 Å². The van der Waals surface area contributed by atoms with Crippen LogP contribution in [-0.2, 0) is 19.1 Å². The molecule has 0 spiro atoms. The van der Waals surface area contributed by atoms with E-state index in [-0.39, 0.29) is 24.0 Å². The molecule has 0 heterocycles. The lowest BCUT2D eigenvalue weighted by Crippen LogP contribution is -2.36. The number of rotatable bonds is 15. The van der Waals surface area contributed by atoms with Crippen LogP contribution in [0.2, 0.25) is 0 Å². The Kier molecular flexibility index (Phi) is 14.3. The fourth-order valence-electron chi connectivity index (χ4n) is 2.52. The zero-order valence-electron chi connectivity index (χ0n) is 17.6. The quantitative estimate of drug-likeness (QED) is 0.340. The predicted molar refractivity (Wildman–Crippen MR) is 105 cm³/mol. The third-order valence-corrected chi connectivity index (χ3v) is 4.37. The molecule has 0 amide bonds. The molecule has 0 aliphatic carbocycles. The van der Waals surface area contributed by atoms with Gasteiger partial charge in [0, 0.05) is 24.2 Å². The Hall–Kier alpha value is -1.14. The largest absolute Gasteiger partial charge is 0.466 e. The zero-order chi connectivity index (χ0) is 19.9. The second-order valence-corrected chi connectivity index (χ2v) is 7.31. The predicted octanol–water partition coefficient (Wildman–Crippen LogP) is 3.19. The van der Waals surface area contributed by atoms with Crippen LogP contribution in [0.15, 0.2) is 0 Å². The number of hydrogen-bond donors (Lipinski definition) is 2. The van der Waals surface area contributed by atoms with E-state index in [1.165, 1.54) is 0 Å². The summed E-state index contributed by atoms with van der Waals surface area (Å²) < 4.78 is 10.5. The minimum absolute atomic E-state index is 0.115. The van der Waals surface area contributed by atoms with Crippen molar-refractivity contribution in [1.82, 2.24) is 10.6 Å².